The van der Waals surface area contributed by atoms with Crippen LogP contribution in [0.25, 0.3) is 0 Å². The molecular formula is C42H58N6O8. The number of amides is 6. The number of Topliss-reactive ketones (excluding diaryl/α,β-unsaturated/α-hetero) is 1. The van der Waals surface area contributed by atoms with Crippen molar-refractivity contribution in [3.63, 3.8) is 0 Å². The number of ketones is 1. The second-order valence-corrected chi connectivity index (χ2v) is 15.9. The lowest BCUT2D eigenvalue weighted by Crippen LogP contribution is -2.58. The Labute approximate surface area is 329 Å². The van der Waals surface area contributed by atoms with Crippen molar-refractivity contribution in [2.24, 2.45) is 23.0 Å². The lowest BCUT2D eigenvalue weighted by molar-refractivity contribution is -0.143. The fourth-order valence-electron chi connectivity index (χ4n) is 7.69. The van der Waals surface area contributed by atoms with Crippen molar-refractivity contribution in [2.45, 2.75) is 110 Å². The number of benzene rings is 2. The number of nitrogens with one attached hydrogen (secondary N) is 4. The second-order valence-electron chi connectivity index (χ2n) is 15.9. The largest absolute Gasteiger partial charge is 0.449 e. The van der Waals surface area contributed by atoms with Crippen molar-refractivity contribution in [1.82, 2.24) is 26.2 Å². The predicted octanol–water partition coefficient (Wildman–Crippen LogP) is 3.48. The van der Waals surface area contributed by atoms with Crippen molar-refractivity contribution < 1.29 is 38.3 Å². The summed E-state index contributed by atoms with van der Waals surface area (Å²) in [4.78, 5) is 94.8. The molecule has 0 spiro atoms. The molecule has 4 unspecified atom stereocenters. The maximum Gasteiger partial charge on any atom is 0.407 e. The van der Waals surface area contributed by atoms with E-state index in [4.69, 9.17) is 10.5 Å². The molecule has 1 aliphatic heterocycles. The summed E-state index contributed by atoms with van der Waals surface area (Å²) in [5, 5.41) is 10.4. The van der Waals surface area contributed by atoms with Crippen LogP contribution in [0, 0.1) is 17.3 Å². The number of nitrogens with two attached hydrogens (primary N) is 1. The van der Waals surface area contributed by atoms with E-state index in [0.29, 0.717) is 18.4 Å². The third-order valence-electron chi connectivity index (χ3n) is 10.4. The molecule has 1 heterocycles. The number of carbonyl (C=O) groups excluding carboxylic acids is 7. The highest BCUT2D eigenvalue weighted by atomic mass is 16.5. The van der Waals surface area contributed by atoms with E-state index in [2.05, 4.69) is 21.3 Å². The Kier molecular flexibility index (Phi) is 16.0. The van der Waals surface area contributed by atoms with Gasteiger partial charge in [0, 0.05) is 6.54 Å². The highest BCUT2D eigenvalue weighted by Gasteiger charge is 2.49. The van der Waals surface area contributed by atoms with Gasteiger partial charge in [0.2, 0.25) is 29.4 Å². The lowest BCUT2D eigenvalue weighted by Gasteiger charge is -2.35. The van der Waals surface area contributed by atoms with Gasteiger partial charge >= 0.3 is 6.09 Å². The number of carbonyl (C=O) groups is 7. The van der Waals surface area contributed by atoms with Gasteiger partial charge in [-0.15, -0.1) is 0 Å². The minimum absolute atomic E-state index is 0.0989. The van der Waals surface area contributed by atoms with E-state index in [1.807, 2.05) is 51.1 Å². The quantitative estimate of drug-likeness (QED) is 0.142. The first-order valence-electron chi connectivity index (χ1n) is 19.7. The third kappa shape index (κ3) is 12.4. The van der Waals surface area contributed by atoms with Crippen LogP contribution in [0.2, 0.25) is 0 Å². The van der Waals surface area contributed by atoms with E-state index in [1.54, 1.807) is 37.3 Å². The van der Waals surface area contributed by atoms with Crippen molar-refractivity contribution in [2.75, 3.05) is 19.7 Å². The Morgan fingerprint density at radius 1 is 0.893 bits per heavy atom. The molecule has 0 bridgehead atoms. The van der Waals surface area contributed by atoms with Crippen LogP contribution >= 0.6 is 0 Å². The van der Waals surface area contributed by atoms with Crippen LogP contribution in [0.15, 0.2) is 60.7 Å². The molecule has 1 aliphatic carbocycles. The maximum absolute atomic E-state index is 14.7. The molecule has 2 fully saturated rings. The molecule has 1 saturated carbocycles. The van der Waals surface area contributed by atoms with Gasteiger partial charge in [0.05, 0.1) is 19.2 Å². The summed E-state index contributed by atoms with van der Waals surface area (Å²) >= 11 is 0. The Morgan fingerprint density at radius 2 is 1.54 bits per heavy atom. The summed E-state index contributed by atoms with van der Waals surface area (Å²) in [5.74, 6) is -4.63. The first-order chi connectivity index (χ1) is 26.7. The first kappa shape index (κ1) is 43.5. The lowest BCUT2D eigenvalue weighted by atomic mass is 9.81. The Hall–Kier alpha value is -5.27. The van der Waals surface area contributed by atoms with Crippen LogP contribution in [0.3, 0.4) is 0 Å². The number of alkyl carbamates (subject to hydrolysis) is 1. The standard InChI is InChI=1S/C42H58N6O8/c1-5-15-31(36(50)39(53)44-24-33(49)46-34(37(43)51)29-18-11-7-12-19-29)45-38(52)32-23-42(4,22-28-16-9-6-10-17-28)26-48(32)40(54)35(30-20-13-8-14-21-30)47-41(55)56-25-27(2)3/h6-7,9-12,16-19,27,30-32,34-35H,5,8,13-15,20-26H2,1-4H3,(H2,43,51)(H,44,53)(H,45,52)(H,46,49)(H,47,55)/t31?,32?,34-,35?,42?/m0/s1. The van der Waals surface area contributed by atoms with E-state index < -0.39 is 71.6 Å². The monoisotopic (exact) mass is 774 g/mol. The molecule has 4 rings (SSSR count). The summed E-state index contributed by atoms with van der Waals surface area (Å²) in [6, 6.07) is 13.8. The Balaban J connectivity index is 1.52. The maximum atomic E-state index is 14.7. The van der Waals surface area contributed by atoms with Gasteiger partial charge in [0.15, 0.2) is 0 Å². The molecular weight excluding hydrogens is 716 g/mol. The van der Waals surface area contributed by atoms with Crippen molar-refractivity contribution in [1.29, 1.82) is 0 Å². The number of primary amides is 1. The van der Waals surface area contributed by atoms with Gasteiger partial charge < -0.3 is 36.6 Å². The molecule has 6 N–H and O–H groups in total. The fourth-order valence-corrected chi connectivity index (χ4v) is 7.69. The van der Waals surface area contributed by atoms with Gasteiger partial charge in [-0.25, -0.2) is 4.79 Å². The van der Waals surface area contributed by atoms with Crippen molar-refractivity contribution >= 4 is 41.4 Å². The summed E-state index contributed by atoms with van der Waals surface area (Å²) in [6.07, 6.45) is 5.06. The van der Waals surface area contributed by atoms with Crippen LogP contribution < -0.4 is 27.0 Å². The van der Waals surface area contributed by atoms with Gasteiger partial charge in [0.25, 0.3) is 5.91 Å². The van der Waals surface area contributed by atoms with Crippen LogP contribution in [-0.4, -0.2) is 84.1 Å². The van der Waals surface area contributed by atoms with E-state index in [0.717, 1.165) is 37.7 Å². The van der Waals surface area contributed by atoms with Gasteiger partial charge in [-0.05, 0) is 60.5 Å². The predicted molar refractivity (Wildman–Crippen MR) is 209 cm³/mol. The van der Waals surface area contributed by atoms with Crippen LogP contribution in [0.5, 0.6) is 0 Å². The average Bonchev–Trinajstić information content (AvgIpc) is 3.54. The molecule has 14 heteroatoms. The molecule has 1 saturated heterocycles. The summed E-state index contributed by atoms with van der Waals surface area (Å²) in [6.45, 7) is 7.45. The number of hydrogen-bond donors (Lipinski definition) is 5. The molecule has 56 heavy (non-hydrogen) atoms. The summed E-state index contributed by atoms with van der Waals surface area (Å²) < 4.78 is 5.42. The smallest absolute Gasteiger partial charge is 0.407 e. The van der Waals surface area contributed by atoms with Crippen molar-refractivity contribution in [3.8, 4) is 0 Å². The Bertz CT molecular complexity index is 1680. The fraction of sp³-hybridized carbons (Fsp3) is 0.548. The summed E-state index contributed by atoms with van der Waals surface area (Å²) in [7, 11) is 0. The topological polar surface area (TPSA) is 206 Å². The van der Waals surface area contributed by atoms with Crippen molar-refractivity contribution in [3.05, 3.63) is 71.8 Å². The highest BCUT2D eigenvalue weighted by molar-refractivity contribution is 6.38. The number of nitrogens with zero attached hydrogens (tertiary/aromatic N) is 1. The number of likely N-dealkylation sites (tertiary alicyclic amines) is 1. The molecule has 5 atom stereocenters. The Morgan fingerprint density at radius 3 is 2.14 bits per heavy atom. The van der Waals surface area contributed by atoms with E-state index in [9.17, 15) is 33.6 Å². The molecule has 2 aromatic carbocycles. The van der Waals surface area contributed by atoms with Gasteiger partial charge in [-0.3, -0.25) is 28.8 Å². The average molecular weight is 775 g/mol. The number of hydrogen-bond acceptors (Lipinski definition) is 8. The van der Waals surface area contributed by atoms with Crippen LogP contribution in [0.4, 0.5) is 4.79 Å². The van der Waals surface area contributed by atoms with Crippen LogP contribution in [-0.2, 0) is 39.9 Å². The molecule has 304 valence electrons. The number of ether oxygens (including phenoxy) is 1. The van der Waals surface area contributed by atoms with E-state index >= 15 is 0 Å². The highest BCUT2D eigenvalue weighted by Crippen LogP contribution is 2.39. The van der Waals surface area contributed by atoms with E-state index in [-0.39, 0.29) is 43.7 Å². The van der Waals surface area contributed by atoms with Gasteiger partial charge in [0.1, 0.15) is 18.1 Å². The minimum Gasteiger partial charge on any atom is -0.449 e. The molecule has 14 nitrogen and oxygen atoms in total. The minimum atomic E-state index is -1.24. The normalized spacial score (nSPS) is 19.9. The molecule has 2 aromatic rings. The third-order valence-corrected chi connectivity index (χ3v) is 10.4. The number of rotatable bonds is 18. The molecule has 6 amide bonds. The first-order valence-corrected chi connectivity index (χ1v) is 19.7. The summed E-state index contributed by atoms with van der Waals surface area (Å²) in [5.41, 5.74) is 6.44. The van der Waals surface area contributed by atoms with Gasteiger partial charge in [-0.2, -0.15) is 0 Å². The molecule has 0 aromatic heterocycles. The second kappa shape index (κ2) is 20.6. The zero-order chi connectivity index (χ0) is 40.8. The van der Waals surface area contributed by atoms with Crippen LogP contribution in [0.1, 0.15) is 96.2 Å². The van der Waals surface area contributed by atoms with Gasteiger partial charge in [-0.1, -0.05) is 114 Å². The molecule has 0 radical (unpaired) electrons. The zero-order valence-electron chi connectivity index (χ0n) is 33.0. The zero-order valence-corrected chi connectivity index (χ0v) is 33.0. The SMILES string of the molecule is CCCC(NC(=O)C1CC(C)(Cc2ccccc2)CN1C(=O)C(NC(=O)OCC(C)C)C1CCCCC1)C(=O)C(=O)NCC(=O)N[C@H](C(N)=O)c1ccccc1. The molecule has 2 aliphatic rings. The van der Waals surface area contributed by atoms with E-state index in [1.165, 1.54) is 4.90 Å².